The summed E-state index contributed by atoms with van der Waals surface area (Å²) in [6.45, 7) is 2.09. The first-order valence-corrected chi connectivity index (χ1v) is 7.94. The van der Waals surface area contributed by atoms with E-state index < -0.39 is 0 Å². The Labute approximate surface area is 136 Å². The van der Waals surface area contributed by atoms with Crippen LogP contribution >= 0.6 is 0 Å². The predicted octanol–water partition coefficient (Wildman–Crippen LogP) is 2.60. The second-order valence-electron chi connectivity index (χ2n) is 5.65. The third-order valence-electron chi connectivity index (χ3n) is 3.85. The number of nitrogens with one attached hydrogen (secondary N) is 2. The SMILES string of the molecule is O=C(NCc1ccccc1)c1cncc(NCC2CCCO2)c1. The van der Waals surface area contributed by atoms with E-state index in [4.69, 9.17) is 4.74 Å². The number of benzene rings is 1. The summed E-state index contributed by atoms with van der Waals surface area (Å²) >= 11 is 0. The van der Waals surface area contributed by atoms with E-state index >= 15 is 0 Å². The third-order valence-corrected chi connectivity index (χ3v) is 3.85. The molecule has 1 atom stereocenters. The van der Waals surface area contributed by atoms with Gasteiger partial charge in [-0.25, -0.2) is 0 Å². The van der Waals surface area contributed by atoms with Crippen LogP contribution in [0.2, 0.25) is 0 Å². The molecule has 1 aromatic heterocycles. The molecular formula is C18H21N3O2. The molecular weight excluding hydrogens is 290 g/mol. The fraction of sp³-hybridized carbons (Fsp3) is 0.333. The molecule has 5 heteroatoms. The number of rotatable bonds is 6. The molecule has 1 saturated heterocycles. The molecule has 0 bridgehead atoms. The molecule has 0 radical (unpaired) electrons. The van der Waals surface area contributed by atoms with Gasteiger partial charge in [0.05, 0.1) is 17.4 Å². The van der Waals surface area contributed by atoms with Crippen molar-refractivity contribution < 1.29 is 9.53 Å². The Hall–Kier alpha value is -2.40. The summed E-state index contributed by atoms with van der Waals surface area (Å²) in [6, 6.07) is 11.7. The van der Waals surface area contributed by atoms with E-state index in [-0.39, 0.29) is 12.0 Å². The maximum Gasteiger partial charge on any atom is 0.253 e. The number of amides is 1. The molecule has 3 rings (SSSR count). The number of pyridine rings is 1. The van der Waals surface area contributed by atoms with Crippen LogP contribution in [0.5, 0.6) is 0 Å². The summed E-state index contributed by atoms with van der Waals surface area (Å²) in [5, 5.41) is 6.20. The van der Waals surface area contributed by atoms with E-state index in [2.05, 4.69) is 15.6 Å². The Morgan fingerprint density at radius 3 is 2.91 bits per heavy atom. The number of hydrogen-bond acceptors (Lipinski definition) is 4. The molecule has 120 valence electrons. The normalized spacial score (nSPS) is 17.0. The summed E-state index contributed by atoms with van der Waals surface area (Å²) in [5.41, 5.74) is 2.47. The molecule has 0 spiro atoms. The van der Waals surface area contributed by atoms with E-state index in [1.807, 2.05) is 36.4 Å². The molecule has 2 N–H and O–H groups in total. The van der Waals surface area contributed by atoms with Gasteiger partial charge in [-0.2, -0.15) is 0 Å². The lowest BCUT2D eigenvalue weighted by atomic mass is 10.2. The van der Waals surface area contributed by atoms with Crippen molar-refractivity contribution in [2.45, 2.75) is 25.5 Å². The summed E-state index contributed by atoms with van der Waals surface area (Å²) in [4.78, 5) is 16.4. The topological polar surface area (TPSA) is 63.2 Å². The highest BCUT2D eigenvalue weighted by Gasteiger charge is 2.15. The monoisotopic (exact) mass is 311 g/mol. The second kappa shape index (κ2) is 7.74. The molecule has 1 unspecified atom stereocenters. The molecule has 5 nitrogen and oxygen atoms in total. The average molecular weight is 311 g/mol. The van der Waals surface area contributed by atoms with Crippen molar-refractivity contribution in [2.75, 3.05) is 18.5 Å². The number of anilines is 1. The van der Waals surface area contributed by atoms with Crippen LogP contribution in [-0.2, 0) is 11.3 Å². The van der Waals surface area contributed by atoms with Gasteiger partial charge < -0.3 is 15.4 Å². The number of carbonyl (C=O) groups excluding carboxylic acids is 1. The van der Waals surface area contributed by atoms with Gasteiger partial charge in [0, 0.05) is 32.1 Å². The molecule has 1 fully saturated rings. The van der Waals surface area contributed by atoms with Crippen LogP contribution < -0.4 is 10.6 Å². The number of hydrogen-bond donors (Lipinski definition) is 2. The van der Waals surface area contributed by atoms with Crippen LogP contribution in [0.4, 0.5) is 5.69 Å². The molecule has 0 saturated carbocycles. The zero-order valence-electron chi connectivity index (χ0n) is 13.0. The van der Waals surface area contributed by atoms with Gasteiger partial charge >= 0.3 is 0 Å². The largest absolute Gasteiger partial charge is 0.381 e. The number of ether oxygens (including phenoxy) is 1. The zero-order chi connectivity index (χ0) is 15.9. The minimum absolute atomic E-state index is 0.123. The third kappa shape index (κ3) is 4.53. The summed E-state index contributed by atoms with van der Waals surface area (Å²) in [5.74, 6) is -0.123. The maximum atomic E-state index is 12.2. The average Bonchev–Trinajstić information content (AvgIpc) is 3.12. The molecule has 1 aliphatic rings. The predicted molar refractivity (Wildman–Crippen MR) is 89.3 cm³/mol. The van der Waals surface area contributed by atoms with Crippen molar-refractivity contribution in [3.8, 4) is 0 Å². The van der Waals surface area contributed by atoms with E-state index in [1.165, 1.54) is 0 Å². The zero-order valence-corrected chi connectivity index (χ0v) is 13.0. The Balaban J connectivity index is 1.54. The smallest absolute Gasteiger partial charge is 0.253 e. The minimum atomic E-state index is -0.123. The first-order valence-electron chi connectivity index (χ1n) is 7.94. The molecule has 0 aliphatic carbocycles. The highest BCUT2D eigenvalue weighted by Crippen LogP contribution is 2.14. The second-order valence-corrected chi connectivity index (χ2v) is 5.65. The molecule has 1 aromatic carbocycles. The highest BCUT2D eigenvalue weighted by atomic mass is 16.5. The summed E-state index contributed by atoms with van der Waals surface area (Å²) in [7, 11) is 0. The van der Waals surface area contributed by atoms with Crippen molar-refractivity contribution >= 4 is 11.6 Å². The molecule has 1 aliphatic heterocycles. The lowest BCUT2D eigenvalue weighted by Crippen LogP contribution is -2.23. The van der Waals surface area contributed by atoms with E-state index in [9.17, 15) is 4.79 Å². The van der Waals surface area contributed by atoms with E-state index in [0.717, 1.165) is 37.2 Å². The first-order chi connectivity index (χ1) is 11.3. The van der Waals surface area contributed by atoms with Crippen LogP contribution in [0.15, 0.2) is 48.8 Å². The van der Waals surface area contributed by atoms with Crippen molar-refractivity contribution in [1.29, 1.82) is 0 Å². The standard InChI is InChI=1S/C18H21N3O2/c22-18(21-10-14-5-2-1-3-6-14)15-9-16(12-19-11-15)20-13-17-7-4-8-23-17/h1-3,5-6,9,11-12,17,20H,4,7-8,10,13H2,(H,21,22). The molecule has 2 heterocycles. The van der Waals surface area contributed by atoms with Gasteiger partial charge in [0.1, 0.15) is 0 Å². The minimum Gasteiger partial charge on any atom is -0.381 e. The Morgan fingerprint density at radius 1 is 1.26 bits per heavy atom. The van der Waals surface area contributed by atoms with Gasteiger partial charge in [-0.15, -0.1) is 0 Å². The molecule has 23 heavy (non-hydrogen) atoms. The molecule has 2 aromatic rings. The van der Waals surface area contributed by atoms with Gasteiger partial charge in [-0.1, -0.05) is 30.3 Å². The van der Waals surface area contributed by atoms with Gasteiger partial charge in [0.15, 0.2) is 0 Å². The highest BCUT2D eigenvalue weighted by molar-refractivity contribution is 5.94. The number of nitrogens with zero attached hydrogens (tertiary/aromatic N) is 1. The number of aromatic nitrogens is 1. The van der Waals surface area contributed by atoms with Gasteiger partial charge in [0.2, 0.25) is 0 Å². The van der Waals surface area contributed by atoms with Gasteiger partial charge in [0.25, 0.3) is 5.91 Å². The van der Waals surface area contributed by atoms with Crippen LogP contribution in [0.3, 0.4) is 0 Å². The Morgan fingerprint density at radius 2 is 2.13 bits per heavy atom. The summed E-state index contributed by atoms with van der Waals surface area (Å²) in [6.07, 6.45) is 5.76. The lowest BCUT2D eigenvalue weighted by molar-refractivity contribution is 0.0950. The first kappa shape index (κ1) is 15.5. The Bertz CT molecular complexity index is 640. The fourth-order valence-corrected chi connectivity index (χ4v) is 2.58. The van der Waals surface area contributed by atoms with Crippen molar-refractivity contribution in [3.05, 3.63) is 59.9 Å². The summed E-state index contributed by atoms with van der Waals surface area (Å²) < 4.78 is 5.58. The van der Waals surface area contributed by atoms with Crippen LogP contribution in [-0.4, -0.2) is 30.1 Å². The van der Waals surface area contributed by atoms with E-state index in [1.54, 1.807) is 12.4 Å². The van der Waals surface area contributed by atoms with Crippen LogP contribution in [0, 0.1) is 0 Å². The van der Waals surface area contributed by atoms with Crippen molar-refractivity contribution in [1.82, 2.24) is 10.3 Å². The lowest BCUT2D eigenvalue weighted by Gasteiger charge is -2.12. The van der Waals surface area contributed by atoms with Crippen LogP contribution in [0.1, 0.15) is 28.8 Å². The maximum absolute atomic E-state index is 12.2. The van der Waals surface area contributed by atoms with Crippen LogP contribution in [0.25, 0.3) is 0 Å². The van der Waals surface area contributed by atoms with E-state index in [0.29, 0.717) is 12.1 Å². The number of carbonyl (C=O) groups is 1. The van der Waals surface area contributed by atoms with Gasteiger partial charge in [-0.3, -0.25) is 9.78 Å². The fourth-order valence-electron chi connectivity index (χ4n) is 2.58. The quantitative estimate of drug-likeness (QED) is 0.861. The molecule has 1 amide bonds. The van der Waals surface area contributed by atoms with Crippen molar-refractivity contribution in [3.63, 3.8) is 0 Å². The van der Waals surface area contributed by atoms with Crippen molar-refractivity contribution in [2.24, 2.45) is 0 Å². The Kier molecular flexibility index (Phi) is 5.21. The van der Waals surface area contributed by atoms with Gasteiger partial charge in [-0.05, 0) is 24.5 Å².